The van der Waals surface area contributed by atoms with Crippen molar-refractivity contribution in [1.82, 2.24) is 39.0 Å². The SMILES string of the molecule is CCN=c1ncn(Cc2ccc(OC)c(OCc3ccccc3)c2)c2nc(C(C)C)[nH]c12.COc1ccc(Cn2cnc(=O)c3[nH]c(C(C)C)nc32)cc1OCc1ccccc1.Cl. The minimum absolute atomic E-state index is 0. The highest BCUT2D eigenvalue weighted by atomic mass is 35.5. The third kappa shape index (κ3) is 11.1. The molecule has 0 saturated heterocycles. The topological polar surface area (TPSA) is 159 Å². The molecule has 8 aromatic rings. The molecule has 0 aliphatic heterocycles. The number of imidazole rings is 2. The third-order valence-electron chi connectivity index (χ3n) is 10.1. The molecule has 0 bridgehead atoms. The van der Waals surface area contributed by atoms with Gasteiger partial charge in [-0.25, -0.2) is 15.0 Å². The number of nitrogens with zero attached hydrogens (tertiary/aromatic N) is 7. The summed E-state index contributed by atoms with van der Waals surface area (Å²) in [5, 5.41) is 0. The van der Waals surface area contributed by atoms with Crippen LogP contribution < -0.4 is 30.0 Å². The highest BCUT2D eigenvalue weighted by molar-refractivity contribution is 5.85. The summed E-state index contributed by atoms with van der Waals surface area (Å²) in [6, 6.07) is 31.8. The van der Waals surface area contributed by atoms with Gasteiger partial charge in [0.15, 0.2) is 45.3 Å². The second-order valence-electron chi connectivity index (χ2n) is 15.3. The number of aromatic nitrogens is 8. The molecule has 4 aromatic carbocycles. The van der Waals surface area contributed by atoms with Crippen LogP contribution in [-0.4, -0.2) is 59.8 Å². The van der Waals surface area contributed by atoms with Crippen molar-refractivity contribution in [2.75, 3.05) is 20.8 Å². The van der Waals surface area contributed by atoms with E-state index in [0.29, 0.717) is 72.5 Å². The summed E-state index contributed by atoms with van der Waals surface area (Å²) in [5.74, 6) is 4.90. The van der Waals surface area contributed by atoms with Crippen LogP contribution in [0.25, 0.3) is 22.3 Å². The lowest BCUT2D eigenvalue weighted by Gasteiger charge is -2.13. The normalized spacial score (nSPS) is 11.4. The maximum Gasteiger partial charge on any atom is 0.298 e. The van der Waals surface area contributed by atoms with Crippen molar-refractivity contribution < 1.29 is 18.9 Å². The van der Waals surface area contributed by atoms with Gasteiger partial charge < -0.3 is 38.0 Å². The molecule has 4 heterocycles. The van der Waals surface area contributed by atoms with Gasteiger partial charge in [-0.3, -0.25) is 9.79 Å². The van der Waals surface area contributed by atoms with Gasteiger partial charge in [-0.2, -0.15) is 4.98 Å². The van der Waals surface area contributed by atoms with Crippen LogP contribution in [0.5, 0.6) is 23.0 Å². The number of fused-ring (bicyclic) bond motifs is 2. The lowest BCUT2D eigenvalue weighted by atomic mass is 10.2. The summed E-state index contributed by atoms with van der Waals surface area (Å²) in [5.41, 5.74) is 7.36. The minimum Gasteiger partial charge on any atom is -0.493 e. The summed E-state index contributed by atoms with van der Waals surface area (Å²) < 4.78 is 27.0. The molecule has 63 heavy (non-hydrogen) atoms. The van der Waals surface area contributed by atoms with Gasteiger partial charge in [0.2, 0.25) is 0 Å². The first-order valence-corrected chi connectivity index (χ1v) is 20.7. The number of hydrogen-bond donors (Lipinski definition) is 2. The van der Waals surface area contributed by atoms with Gasteiger partial charge in [0, 0.05) is 18.4 Å². The van der Waals surface area contributed by atoms with Crippen LogP contribution in [0.15, 0.2) is 120 Å². The van der Waals surface area contributed by atoms with Crippen LogP contribution in [0.4, 0.5) is 0 Å². The van der Waals surface area contributed by atoms with Crippen molar-refractivity contribution in [2.24, 2.45) is 4.99 Å². The first-order valence-electron chi connectivity index (χ1n) is 20.7. The fraction of sp³-hybridized carbons (Fsp3) is 0.292. The molecule has 0 spiro atoms. The van der Waals surface area contributed by atoms with E-state index in [1.54, 1.807) is 20.5 Å². The second-order valence-corrected chi connectivity index (χ2v) is 15.3. The molecular formula is C48H54ClN9O5. The van der Waals surface area contributed by atoms with Crippen LogP contribution in [0.1, 0.15) is 80.4 Å². The Bertz CT molecular complexity index is 2870. The Morgan fingerprint density at radius 2 is 1.06 bits per heavy atom. The van der Waals surface area contributed by atoms with E-state index in [-0.39, 0.29) is 29.8 Å². The number of aromatic amines is 2. The average molecular weight is 872 g/mol. The number of nitrogens with one attached hydrogen (secondary N) is 2. The van der Waals surface area contributed by atoms with Gasteiger partial charge in [-0.1, -0.05) is 100 Å². The highest BCUT2D eigenvalue weighted by Gasteiger charge is 2.16. The van der Waals surface area contributed by atoms with Crippen molar-refractivity contribution >= 4 is 34.7 Å². The summed E-state index contributed by atoms with van der Waals surface area (Å²) in [6.45, 7) is 13.0. The zero-order valence-corrected chi connectivity index (χ0v) is 37.5. The van der Waals surface area contributed by atoms with E-state index in [4.69, 9.17) is 23.9 Å². The molecule has 0 atom stereocenters. The lowest BCUT2D eigenvalue weighted by Crippen LogP contribution is -2.15. The zero-order valence-electron chi connectivity index (χ0n) is 36.7. The maximum atomic E-state index is 12.1. The van der Waals surface area contributed by atoms with Gasteiger partial charge >= 0.3 is 0 Å². The van der Waals surface area contributed by atoms with E-state index in [2.05, 4.69) is 43.8 Å². The van der Waals surface area contributed by atoms with E-state index in [1.165, 1.54) is 6.33 Å². The van der Waals surface area contributed by atoms with Crippen molar-refractivity contribution in [1.29, 1.82) is 0 Å². The number of rotatable bonds is 15. The molecule has 14 nitrogen and oxygen atoms in total. The average Bonchev–Trinajstić information content (AvgIpc) is 3.96. The van der Waals surface area contributed by atoms with Crippen LogP contribution in [0.3, 0.4) is 0 Å². The number of hydrogen-bond acceptors (Lipinski definition) is 10. The Balaban J connectivity index is 0.000000207. The lowest BCUT2D eigenvalue weighted by molar-refractivity contribution is 0.284. The Kier molecular flexibility index (Phi) is 15.4. The van der Waals surface area contributed by atoms with Crippen LogP contribution in [0.2, 0.25) is 0 Å². The fourth-order valence-electron chi connectivity index (χ4n) is 6.75. The monoisotopic (exact) mass is 871 g/mol. The summed E-state index contributed by atoms with van der Waals surface area (Å²) in [4.78, 5) is 41.2. The predicted octanol–water partition coefficient (Wildman–Crippen LogP) is 8.74. The van der Waals surface area contributed by atoms with E-state index < -0.39 is 0 Å². The molecule has 0 radical (unpaired) electrons. The number of methoxy groups -OCH3 is 2. The van der Waals surface area contributed by atoms with Gasteiger partial charge in [-0.05, 0) is 53.4 Å². The molecule has 4 aromatic heterocycles. The van der Waals surface area contributed by atoms with Crippen LogP contribution >= 0.6 is 12.4 Å². The first-order chi connectivity index (χ1) is 30.1. The molecular weight excluding hydrogens is 818 g/mol. The standard InChI is InChI=1S/C25H29N5O2.C23H24N4O3.ClH/c1-5-26-24-22-25(29-23(28-22)17(2)3)30(16-27-24)14-19-11-12-20(31-4)21(13-19)32-15-18-9-7-6-8-10-18;1-15(2)21-25-20-22(26-21)27(14-24-23(20)28)12-17-9-10-18(29-3)19(11-17)30-13-16-7-5-4-6-8-16;/h6-13,16-17H,5,14-15H2,1-4H3,(H,28,29);4-11,14-15H,12-13H2,1-3H3,(H,25,26);1H. The van der Waals surface area contributed by atoms with E-state index in [0.717, 1.165) is 45.1 Å². The number of benzene rings is 4. The number of H-pyrrole nitrogens is 2. The second kappa shape index (κ2) is 21.2. The van der Waals surface area contributed by atoms with E-state index >= 15 is 0 Å². The Morgan fingerprint density at radius 1 is 0.603 bits per heavy atom. The molecule has 0 unspecified atom stereocenters. The maximum absolute atomic E-state index is 12.1. The molecule has 328 valence electrons. The quantitative estimate of drug-likeness (QED) is 0.103. The highest BCUT2D eigenvalue weighted by Crippen LogP contribution is 2.31. The summed E-state index contributed by atoms with van der Waals surface area (Å²) in [7, 11) is 3.27. The molecule has 0 fully saturated rings. The Hall–Kier alpha value is -6.93. The predicted molar refractivity (Wildman–Crippen MR) is 247 cm³/mol. The van der Waals surface area contributed by atoms with Crippen molar-refractivity contribution in [2.45, 2.75) is 72.8 Å². The van der Waals surface area contributed by atoms with Crippen molar-refractivity contribution in [3.8, 4) is 23.0 Å². The molecule has 0 amide bonds. The zero-order chi connectivity index (χ0) is 43.6. The van der Waals surface area contributed by atoms with Crippen molar-refractivity contribution in [3.63, 3.8) is 0 Å². The summed E-state index contributed by atoms with van der Waals surface area (Å²) in [6.07, 6.45) is 3.33. The van der Waals surface area contributed by atoms with E-state index in [1.807, 2.05) is 127 Å². The summed E-state index contributed by atoms with van der Waals surface area (Å²) >= 11 is 0. The molecule has 0 saturated carbocycles. The van der Waals surface area contributed by atoms with Crippen LogP contribution in [0, 0.1) is 0 Å². The molecule has 0 aliphatic rings. The molecule has 15 heteroatoms. The van der Waals surface area contributed by atoms with Gasteiger partial charge in [0.05, 0.1) is 33.6 Å². The molecule has 8 rings (SSSR count). The Labute approximate surface area is 372 Å². The van der Waals surface area contributed by atoms with Gasteiger partial charge in [0.25, 0.3) is 5.56 Å². The van der Waals surface area contributed by atoms with Gasteiger partial charge in [0.1, 0.15) is 36.7 Å². The number of ether oxygens (including phenoxy) is 4. The smallest absolute Gasteiger partial charge is 0.298 e. The molecule has 0 aliphatic carbocycles. The largest absolute Gasteiger partial charge is 0.493 e. The van der Waals surface area contributed by atoms with Crippen LogP contribution in [-0.2, 0) is 26.3 Å². The molecule has 2 N–H and O–H groups in total. The third-order valence-corrected chi connectivity index (χ3v) is 10.1. The van der Waals surface area contributed by atoms with Crippen molar-refractivity contribution in [3.05, 3.63) is 159 Å². The van der Waals surface area contributed by atoms with Gasteiger partial charge in [-0.15, -0.1) is 12.4 Å². The number of halogens is 1. The Morgan fingerprint density at radius 3 is 1.52 bits per heavy atom. The van der Waals surface area contributed by atoms with E-state index in [9.17, 15) is 4.79 Å². The minimum atomic E-state index is -0.303. The fourth-order valence-corrected chi connectivity index (χ4v) is 6.75. The first kappa shape index (κ1) is 45.6.